The maximum atomic E-state index is 10.5. The molecule has 0 radical (unpaired) electrons. The average Bonchev–Trinajstić information content (AvgIpc) is 1.98. The Balaban J connectivity index is 3.45. The van der Waals surface area contributed by atoms with Gasteiger partial charge in [0.1, 0.15) is 0 Å². The molecule has 0 bridgehead atoms. The molecule has 0 aliphatic rings. The lowest BCUT2D eigenvalue weighted by atomic mass is 9.83. The minimum atomic E-state index is -0.173. The minimum Gasteiger partial charge on any atom is -0.466 e. The summed E-state index contributed by atoms with van der Waals surface area (Å²) in [5.41, 5.74) is 0.398. The van der Waals surface area contributed by atoms with E-state index >= 15 is 0 Å². The number of carbonyl (C=O) groups excluding carboxylic acids is 1. The first-order chi connectivity index (χ1) is 5.98. The molecule has 0 aromatic carbocycles. The zero-order valence-corrected chi connectivity index (χ0v) is 9.35. The van der Waals surface area contributed by atoms with Crippen molar-refractivity contribution in [3.05, 3.63) is 0 Å². The molecule has 0 aromatic heterocycles. The van der Waals surface area contributed by atoms with Gasteiger partial charge in [0.2, 0.25) is 0 Å². The molecule has 0 spiro atoms. The van der Waals surface area contributed by atoms with Crippen molar-refractivity contribution in [3.8, 4) is 0 Å². The number of esters is 1. The van der Waals surface area contributed by atoms with Crippen molar-refractivity contribution in [3.63, 3.8) is 0 Å². The Morgan fingerprint density at radius 1 is 1.31 bits per heavy atom. The normalized spacial score (nSPS) is 11.4. The van der Waals surface area contributed by atoms with Crippen molar-refractivity contribution >= 4 is 5.97 Å². The molecule has 0 aliphatic heterocycles. The Bertz CT molecular complexity index is 150. The number of hydrogen-bond donors (Lipinski definition) is 0. The van der Waals surface area contributed by atoms with Crippen molar-refractivity contribution in [2.75, 3.05) is 6.61 Å². The summed E-state index contributed by atoms with van der Waals surface area (Å²) >= 11 is 0. The van der Waals surface area contributed by atoms with Crippen molar-refractivity contribution < 1.29 is 9.53 Å². The zero-order valence-electron chi connectivity index (χ0n) is 9.35. The Hall–Kier alpha value is -0.530. The van der Waals surface area contributed by atoms with E-state index in [2.05, 4.69) is 20.8 Å². The summed E-state index contributed by atoms with van der Waals surface area (Å²) in [5, 5.41) is 0. The first-order valence-corrected chi connectivity index (χ1v) is 5.11. The molecule has 0 aliphatic carbocycles. The molecule has 0 unspecified atom stereocenters. The van der Waals surface area contributed by atoms with Gasteiger partial charge in [0, 0.05) is 6.92 Å². The quantitative estimate of drug-likeness (QED) is 0.470. The second kappa shape index (κ2) is 6.01. The topological polar surface area (TPSA) is 26.3 Å². The van der Waals surface area contributed by atoms with Gasteiger partial charge in [-0.3, -0.25) is 4.79 Å². The van der Waals surface area contributed by atoms with E-state index in [-0.39, 0.29) is 5.97 Å². The molecule has 0 amide bonds. The van der Waals surface area contributed by atoms with Crippen LogP contribution in [0.25, 0.3) is 0 Å². The standard InChI is InChI=1S/C11H22O2/c1-5-7-11(3,4)8-6-9-13-10(2)12/h5-9H2,1-4H3. The molecule has 0 saturated heterocycles. The predicted molar refractivity (Wildman–Crippen MR) is 54.6 cm³/mol. The lowest BCUT2D eigenvalue weighted by Gasteiger charge is -2.23. The van der Waals surface area contributed by atoms with E-state index in [0.29, 0.717) is 12.0 Å². The maximum absolute atomic E-state index is 10.5. The van der Waals surface area contributed by atoms with Crippen LogP contribution in [0.3, 0.4) is 0 Å². The number of carbonyl (C=O) groups is 1. The summed E-state index contributed by atoms with van der Waals surface area (Å²) in [5.74, 6) is -0.173. The monoisotopic (exact) mass is 186 g/mol. The SMILES string of the molecule is CCCC(C)(C)CCCOC(C)=O. The molecule has 2 heteroatoms. The summed E-state index contributed by atoms with van der Waals surface area (Å²) in [6.07, 6.45) is 4.58. The maximum Gasteiger partial charge on any atom is 0.302 e. The fourth-order valence-electron chi connectivity index (χ4n) is 1.57. The van der Waals surface area contributed by atoms with E-state index in [9.17, 15) is 4.79 Å². The summed E-state index contributed by atoms with van der Waals surface area (Å²) < 4.78 is 4.88. The Kier molecular flexibility index (Phi) is 5.76. The van der Waals surface area contributed by atoms with Crippen LogP contribution in [0.4, 0.5) is 0 Å². The first-order valence-electron chi connectivity index (χ1n) is 5.11. The van der Waals surface area contributed by atoms with Crippen LogP contribution in [0, 0.1) is 5.41 Å². The molecule has 78 valence electrons. The fraction of sp³-hybridized carbons (Fsp3) is 0.909. The molecular weight excluding hydrogens is 164 g/mol. The molecule has 0 rings (SSSR count). The van der Waals surface area contributed by atoms with E-state index in [1.807, 2.05) is 0 Å². The predicted octanol–water partition coefficient (Wildman–Crippen LogP) is 3.16. The van der Waals surface area contributed by atoms with E-state index in [0.717, 1.165) is 12.8 Å². The van der Waals surface area contributed by atoms with Gasteiger partial charge in [-0.05, 0) is 24.7 Å². The smallest absolute Gasteiger partial charge is 0.302 e. The fourth-order valence-corrected chi connectivity index (χ4v) is 1.57. The highest BCUT2D eigenvalue weighted by Gasteiger charge is 2.15. The lowest BCUT2D eigenvalue weighted by Crippen LogP contribution is -2.12. The summed E-state index contributed by atoms with van der Waals surface area (Å²) in [6, 6.07) is 0. The van der Waals surface area contributed by atoms with E-state index in [4.69, 9.17) is 4.74 Å². The molecule has 0 aromatic rings. The third kappa shape index (κ3) is 7.82. The van der Waals surface area contributed by atoms with Gasteiger partial charge >= 0.3 is 5.97 Å². The van der Waals surface area contributed by atoms with Crippen molar-refractivity contribution in [1.29, 1.82) is 0 Å². The van der Waals surface area contributed by atoms with Gasteiger partial charge < -0.3 is 4.74 Å². The average molecular weight is 186 g/mol. The van der Waals surface area contributed by atoms with Crippen LogP contribution in [0.1, 0.15) is 53.4 Å². The van der Waals surface area contributed by atoms with Crippen LogP contribution in [0.15, 0.2) is 0 Å². The molecule has 0 N–H and O–H groups in total. The molecule has 0 fully saturated rings. The van der Waals surface area contributed by atoms with Crippen molar-refractivity contribution in [1.82, 2.24) is 0 Å². The lowest BCUT2D eigenvalue weighted by molar-refractivity contribution is -0.141. The summed E-state index contributed by atoms with van der Waals surface area (Å²) in [4.78, 5) is 10.5. The van der Waals surface area contributed by atoms with Crippen LogP contribution in [-0.2, 0) is 9.53 Å². The molecule has 0 heterocycles. The second-order valence-electron chi connectivity index (χ2n) is 4.36. The molecule has 13 heavy (non-hydrogen) atoms. The van der Waals surface area contributed by atoms with Gasteiger partial charge in [-0.1, -0.05) is 27.2 Å². The third-order valence-electron chi connectivity index (χ3n) is 2.23. The molecule has 2 nitrogen and oxygen atoms in total. The second-order valence-corrected chi connectivity index (χ2v) is 4.36. The van der Waals surface area contributed by atoms with Gasteiger partial charge in [-0.25, -0.2) is 0 Å². The van der Waals surface area contributed by atoms with Gasteiger partial charge in [0.25, 0.3) is 0 Å². The molecular formula is C11H22O2. The summed E-state index contributed by atoms with van der Waals surface area (Å²) in [7, 11) is 0. The Morgan fingerprint density at radius 3 is 2.38 bits per heavy atom. The Morgan fingerprint density at radius 2 is 1.92 bits per heavy atom. The first kappa shape index (κ1) is 12.5. The Labute approximate surface area is 81.7 Å². The van der Waals surface area contributed by atoms with Crippen molar-refractivity contribution in [2.24, 2.45) is 5.41 Å². The van der Waals surface area contributed by atoms with Crippen LogP contribution < -0.4 is 0 Å². The van der Waals surface area contributed by atoms with Crippen LogP contribution in [0.5, 0.6) is 0 Å². The highest BCUT2D eigenvalue weighted by Crippen LogP contribution is 2.27. The number of hydrogen-bond acceptors (Lipinski definition) is 2. The van der Waals surface area contributed by atoms with E-state index < -0.39 is 0 Å². The van der Waals surface area contributed by atoms with Crippen molar-refractivity contribution in [2.45, 2.75) is 53.4 Å². The minimum absolute atomic E-state index is 0.173. The van der Waals surface area contributed by atoms with Gasteiger partial charge in [-0.2, -0.15) is 0 Å². The van der Waals surface area contributed by atoms with Crippen LogP contribution in [-0.4, -0.2) is 12.6 Å². The van der Waals surface area contributed by atoms with E-state index in [1.165, 1.54) is 19.8 Å². The number of rotatable bonds is 6. The van der Waals surface area contributed by atoms with Gasteiger partial charge in [-0.15, -0.1) is 0 Å². The molecule has 0 saturated carbocycles. The summed E-state index contributed by atoms with van der Waals surface area (Å²) in [6.45, 7) is 8.77. The van der Waals surface area contributed by atoms with Gasteiger partial charge in [0.05, 0.1) is 6.61 Å². The van der Waals surface area contributed by atoms with E-state index in [1.54, 1.807) is 0 Å². The highest BCUT2D eigenvalue weighted by atomic mass is 16.5. The largest absolute Gasteiger partial charge is 0.466 e. The van der Waals surface area contributed by atoms with Gasteiger partial charge in [0.15, 0.2) is 0 Å². The number of ether oxygens (including phenoxy) is 1. The molecule has 0 atom stereocenters. The van der Waals surface area contributed by atoms with Crippen LogP contribution >= 0.6 is 0 Å². The van der Waals surface area contributed by atoms with Crippen LogP contribution in [0.2, 0.25) is 0 Å². The third-order valence-corrected chi connectivity index (χ3v) is 2.23. The zero-order chi connectivity index (χ0) is 10.3. The highest BCUT2D eigenvalue weighted by molar-refractivity contribution is 5.65.